The Morgan fingerprint density at radius 2 is 1.90 bits per heavy atom. The molecule has 0 radical (unpaired) electrons. The van der Waals surface area contributed by atoms with Crippen molar-refractivity contribution in [2.75, 3.05) is 5.32 Å². The Kier molecular flexibility index (Phi) is 3.93. The number of rotatable bonds is 4. The minimum Gasteiger partial charge on any atom is -0.467 e. The molecule has 1 aromatic carbocycles. The summed E-state index contributed by atoms with van der Waals surface area (Å²) in [5.74, 6) is 0.834. The van der Waals surface area contributed by atoms with Crippen LogP contribution in [0.5, 0.6) is 0 Å². The van der Waals surface area contributed by atoms with E-state index in [1.165, 1.54) is 0 Å². The van der Waals surface area contributed by atoms with E-state index in [-0.39, 0.29) is 6.04 Å². The van der Waals surface area contributed by atoms with Crippen LogP contribution in [0.4, 0.5) is 5.69 Å². The maximum atomic E-state index is 6.22. The summed E-state index contributed by atoms with van der Waals surface area (Å²) < 4.78 is 5.58. The lowest BCUT2D eigenvalue weighted by molar-refractivity contribution is 0.499. The summed E-state index contributed by atoms with van der Waals surface area (Å²) in [5, 5.41) is 3.91. The summed E-state index contributed by atoms with van der Waals surface area (Å²) in [5.41, 5.74) is 2.97. The van der Waals surface area contributed by atoms with Crippen molar-refractivity contribution in [3.05, 3.63) is 83.0 Å². The van der Waals surface area contributed by atoms with E-state index in [0.29, 0.717) is 5.15 Å². The summed E-state index contributed by atoms with van der Waals surface area (Å²) in [6.45, 7) is 2.00. The largest absolute Gasteiger partial charge is 0.467 e. The van der Waals surface area contributed by atoms with Gasteiger partial charge in [0.25, 0.3) is 0 Å². The Hall–Kier alpha value is -2.26. The van der Waals surface area contributed by atoms with Gasteiger partial charge in [0.2, 0.25) is 0 Å². The molecule has 2 aromatic heterocycles. The van der Waals surface area contributed by atoms with Gasteiger partial charge in [0.1, 0.15) is 11.8 Å². The van der Waals surface area contributed by atoms with E-state index in [0.717, 1.165) is 22.6 Å². The zero-order chi connectivity index (χ0) is 14.7. The zero-order valence-electron chi connectivity index (χ0n) is 11.6. The fourth-order valence-electron chi connectivity index (χ4n) is 2.26. The van der Waals surface area contributed by atoms with Crippen molar-refractivity contribution >= 4 is 17.3 Å². The van der Waals surface area contributed by atoms with Gasteiger partial charge in [-0.3, -0.25) is 0 Å². The molecule has 1 N–H and O–H groups in total. The molecule has 1 unspecified atom stereocenters. The van der Waals surface area contributed by atoms with Gasteiger partial charge in [0, 0.05) is 6.20 Å². The lowest BCUT2D eigenvalue weighted by atomic mass is 10.0. The van der Waals surface area contributed by atoms with Gasteiger partial charge >= 0.3 is 0 Å². The molecule has 0 fully saturated rings. The monoisotopic (exact) mass is 298 g/mol. The maximum absolute atomic E-state index is 6.22. The third-order valence-electron chi connectivity index (χ3n) is 3.36. The van der Waals surface area contributed by atoms with Crippen LogP contribution < -0.4 is 5.32 Å². The highest BCUT2D eigenvalue weighted by Crippen LogP contribution is 2.31. The number of anilines is 1. The van der Waals surface area contributed by atoms with Gasteiger partial charge in [-0.25, -0.2) is 4.98 Å². The van der Waals surface area contributed by atoms with Crippen molar-refractivity contribution in [1.82, 2.24) is 4.98 Å². The smallest absolute Gasteiger partial charge is 0.152 e. The topological polar surface area (TPSA) is 38.1 Å². The fourth-order valence-corrected chi connectivity index (χ4v) is 2.52. The van der Waals surface area contributed by atoms with Crippen LogP contribution in [0.1, 0.15) is 22.9 Å². The van der Waals surface area contributed by atoms with Crippen LogP contribution in [0.3, 0.4) is 0 Å². The number of hydrogen-bond acceptors (Lipinski definition) is 3. The van der Waals surface area contributed by atoms with E-state index >= 15 is 0 Å². The van der Waals surface area contributed by atoms with Gasteiger partial charge < -0.3 is 9.73 Å². The Labute approximate surface area is 128 Å². The number of halogens is 1. The number of aromatic nitrogens is 1. The number of nitrogens with one attached hydrogen (secondary N) is 1. The van der Waals surface area contributed by atoms with Gasteiger partial charge in [0.05, 0.1) is 12.0 Å². The summed E-state index contributed by atoms with van der Waals surface area (Å²) in [7, 11) is 0. The van der Waals surface area contributed by atoms with Gasteiger partial charge in [-0.15, -0.1) is 0 Å². The molecule has 0 bridgehead atoms. The van der Waals surface area contributed by atoms with E-state index in [1.807, 2.05) is 43.3 Å². The zero-order valence-corrected chi connectivity index (χ0v) is 12.3. The molecule has 0 saturated carbocycles. The SMILES string of the molecule is Cc1ccnc(Cl)c1NC(c1ccccc1)c1ccco1. The molecular formula is C17H15ClN2O. The van der Waals surface area contributed by atoms with Gasteiger partial charge in [-0.1, -0.05) is 41.9 Å². The Morgan fingerprint density at radius 1 is 1.10 bits per heavy atom. The highest BCUT2D eigenvalue weighted by Gasteiger charge is 2.19. The number of aryl methyl sites for hydroxylation is 1. The van der Waals surface area contributed by atoms with Crippen molar-refractivity contribution in [2.24, 2.45) is 0 Å². The molecule has 1 atom stereocenters. The summed E-state index contributed by atoms with van der Waals surface area (Å²) in [4.78, 5) is 4.14. The molecule has 4 heteroatoms. The second-order valence-corrected chi connectivity index (χ2v) is 5.16. The van der Waals surface area contributed by atoms with Crippen LogP contribution in [-0.2, 0) is 0 Å². The molecular weight excluding hydrogens is 284 g/mol. The molecule has 0 saturated heterocycles. The number of nitrogens with zero attached hydrogens (tertiary/aromatic N) is 1. The minimum absolute atomic E-state index is 0.110. The third kappa shape index (κ3) is 2.93. The average Bonchev–Trinajstić information content (AvgIpc) is 3.02. The normalized spacial score (nSPS) is 12.1. The van der Waals surface area contributed by atoms with Gasteiger partial charge in [-0.2, -0.15) is 0 Å². The predicted octanol–water partition coefficient (Wildman–Crippen LogP) is 4.84. The maximum Gasteiger partial charge on any atom is 0.152 e. The Morgan fingerprint density at radius 3 is 2.57 bits per heavy atom. The first kappa shape index (κ1) is 13.7. The number of furan rings is 1. The molecule has 2 heterocycles. The second-order valence-electron chi connectivity index (χ2n) is 4.80. The molecule has 21 heavy (non-hydrogen) atoms. The second kappa shape index (κ2) is 6.02. The van der Waals surface area contributed by atoms with Crippen LogP contribution >= 0.6 is 11.6 Å². The van der Waals surface area contributed by atoms with Crippen molar-refractivity contribution < 1.29 is 4.42 Å². The molecule has 0 spiro atoms. The lowest BCUT2D eigenvalue weighted by Gasteiger charge is -2.20. The van der Waals surface area contributed by atoms with E-state index in [1.54, 1.807) is 12.5 Å². The van der Waals surface area contributed by atoms with E-state index in [2.05, 4.69) is 22.4 Å². The molecule has 0 aliphatic heterocycles. The quantitative estimate of drug-likeness (QED) is 0.701. The van der Waals surface area contributed by atoms with Crippen molar-refractivity contribution in [2.45, 2.75) is 13.0 Å². The summed E-state index contributed by atoms with van der Waals surface area (Å²) in [6, 6.07) is 15.8. The first-order valence-corrected chi connectivity index (χ1v) is 7.09. The van der Waals surface area contributed by atoms with E-state index in [9.17, 15) is 0 Å². The number of hydrogen-bond donors (Lipinski definition) is 1. The minimum atomic E-state index is -0.110. The fraction of sp³-hybridized carbons (Fsp3) is 0.118. The third-order valence-corrected chi connectivity index (χ3v) is 3.65. The van der Waals surface area contributed by atoms with Gasteiger partial charge in [-0.05, 0) is 36.2 Å². The van der Waals surface area contributed by atoms with Crippen molar-refractivity contribution in [1.29, 1.82) is 0 Å². The number of benzene rings is 1. The molecule has 0 amide bonds. The standard InChI is InChI=1S/C17H15ClN2O/c1-12-9-10-19-17(18)15(12)20-16(14-8-5-11-21-14)13-6-3-2-4-7-13/h2-11,16,20H,1H3. The van der Waals surface area contributed by atoms with Gasteiger partial charge in [0.15, 0.2) is 5.15 Å². The first-order chi connectivity index (χ1) is 10.3. The summed E-state index contributed by atoms with van der Waals surface area (Å²) >= 11 is 6.22. The van der Waals surface area contributed by atoms with Crippen LogP contribution in [0.25, 0.3) is 0 Å². The highest BCUT2D eigenvalue weighted by molar-refractivity contribution is 6.32. The number of pyridine rings is 1. The summed E-state index contributed by atoms with van der Waals surface area (Å²) in [6.07, 6.45) is 3.37. The van der Waals surface area contributed by atoms with E-state index in [4.69, 9.17) is 16.0 Å². The van der Waals surface area contributed by atoms with Crippen LogP contribution in [0.2, 0.25) is 5.15 Å². The Balaban J connectivity index is 2.01. The molecule has 0 aliphatic carbocycles. The van der Waals surface area contributed by atoms with Crippen molar-refractivity contribution in [3.63, 3.8) is 0 Å². The highest BCUT2D eigenvalue weighted by atomic mass is 35.5. The predicted molar refractivity (Wildman–Crippen MR) is 84.6 cm³/mol. The lowest BCUT2D eigenvalue weighted by Crippen LogP contribution is -2.13. The molecule has 106 valence electrons. The van der Waals surface area contributed by atoms with E-state index < -0.39 is 0 Å². The molecule has 3 aromatic rings. The van der Waals surface area contributed by atoms with Crippen molar-refractivity contribution in [3.8, 4) is 0 Å². The molecule has 3 nitrogen and oxygen atoms in total. The molecule has 3 rings (SSSR count). The average molecular weight is 299 g/mol. The van der Waals surface area contributed by atoms with Crippen LogP contribution in [-0.4, -0.2) is 4.98 Å². The first-order valence-electron chi connectivity index (χ1n) is 6.71. The Bertz CT molecular complexity index is 691. The van der Waals surface area contributed by atoms with Crippen LogP contribution in [0, 0.1) is 6.92 Å². The van der Waals surface area contributed by atoms with Crippen LogP contribution in [0.15, 0.2) is 65.4 Å². The molecule has 0 aliphatic rings.